The number of aliphatic hydroxyl groups excluding tert-OH is 2. The first kappa shape index (κ1) is 33.8. The lowest BCUT2D eigenvalue weighted by atomic mass is 9.89. The fourth-order valence-electron chi connectivity index (χ4n) is 5.08. The molecule has 1 aliphatic rings. The highest BCUT2D eigenvalue weighted by atomic mass is 35.5. The Morgan fingerprint density at radius 3 is 2.43 bits per heavy atom. The van der Waals surface area contributed by atoms with Crippen LogP contribution in [0.2, 0.25) is 5.02 Å². The van der Waals surface area contributed by atoms with Crippen molar-refractivity contribution in [3.63, 3.8) is 0 Å². The van der Waals surface area contributed by atoms with Crippen LogP contribution in [0.25, 0.3) is 11.1 Å². The normalized spacial score (nSPS) is 14.3. The summed E-state index contributed by atoms with van der Waals surface area (Å²) in [7, 11) is -3.82. The van der Waals surface area contributed by atoms with E-state index in [1.807, 2.05) is 48.5 Å². The van der Waals surface area contributed by atoms with Crippen molar-refractivity contribution < 1.29 is 28.2 Å². The summed E-state index contributed by atoms with van der Waals surface area (Å²) in [6, 6.07) is 20.4. The third kappa shape index (κ3) is 9.69. The zero-order valence-corrected chi connectivity index (χ0v) is 25.7. The van der Waals surface area contributed by atoms with Crippen LogP contribution in [0.3, 0.4) is 0 Å². The van der Waals surface area contributed by atoms with Gasteiger partial charge >= 0.3 is 0 Å². The van der Waals surface area contributed by atoms with Crippen molar-refractivity contribution in [3.05, 3.63) is 88.4 Å². The van der Waals surface area contributed by atoms with E-state index in [2.05, 4.69) is 10.0 Å². The van der Waals surface area contributed by atoms with E-state index >= 15 is 0 Å². The number of hydrogen-bond donors (Lipinski definition) is 4. The van der Waals surface area contributed by atoms with Gasteiger partial charge in [-0.3, -0.25) is 4.79 Å². The van der Waals surface area contributed by atoms with Crippen LogP contribution in [0.15, 0.2) is 66.7 Å². The van der Waals surface area contributed by atoms with Crippen molar-refractivity contribution in [1.29, 1.82) is 0 Å². The van der Waals surface area contributed by atoms with Crippen LogP contribution < -0.4 is 14.8 Å². The molecule has 4 N–H and O–H groups in total. The summed E-state index contributed by atoms with van der Waals surface area (Å²) in [5.74, 6) is -0.0233. The zero-order chi connectivity index (χ0) is 29.2. The van der Waals surface area contributed by atoms with Gasteiger partial charge in [-0.15, -0.1) is 12.4 Å². The molecule has 0 aliphatic heterocycles. The first-order valence-corrected chi connectivity index (χ1v) is 16.0. The van der Waals surface area contributed by atoms with E-state index in [0.29, 0.717) is 36.0 Å². The number of rotatable bonds is 14. The van der Waals surface area contributed by atoms with Gasteiger partial charge in [-0.05, 0) is 77.8 Å². The Morgan fingerprint density at radius 2 is 1.74 bits per heavy atom. The highest BCUT2D eigenvalue weighted by Gasteiger charge is 2.25. The van der Waals surface area contributed by atoms with Crippen LogP contribution in [0.1, 0.15) is 65.6 Å². The van der Waals surface area contributed by atoms with Gasteiger partial charge in [-0.25, -0.2) is 13.1 Å². The first-order chi connectivity index (χ1) is 19.8. The van der Waals surface area contributed by atoms with Gasteiger partial charge in [0.15, 0.2) is 0 Å². The third-order valence-electron chi connectivity index (χ3n) is 7.22. The van der Waals surface area contributed by atoms with E-state index in [1.165, 1.54) is 0 Å². The van der Waals surface area contributed by atoms with Crippen LogP contribution in [0, 0.1) is 0 Å². The molecule has 3 aromatic rings. The monoisotopic (exact) mass is 636 g/mol. The van der Waals surface area contributed by atoms with Crippen LogP contribution in [0.5, 0.6) is 5.75 Å². The van der Waals surface area contributed by atoms with Crippen molar-refractivity contribution in [2.45, 2.75) is 44.1 Å². The van der Waals surface area contributed by atoms with Gasteiger partial charge in [-0.2, -0.15) is 0 Å². The van der Waals surface area contributed by atoms with Crippen LogP contribution >= 0.6 is 24.0 Å². The zero-order valence-electron chi connectivity index (χ0n) is 23.3. The quantitative estimate of drug-likeness (QED) is 0.179. The maximum Gasteiger partial charge on any atom is 0.265 e. The van der Waals surface area contributed by atoms with E-state index in [0.717, 1.165) is 47.9 Å². The van der Waals surface area contributed by atoms with Gasteiger partial charge in [0, 0.05) is 30.3 Å². The molecule has 4 rings (SSSR count). The fourth-order valence-corrected chi connectivity index (χ4v) is 6.28. The Labute approximate surface area is 258 Å². The number of aliphatic hydroxyl groups is 2. The number of amides is 1. The molecular weight excluding hydrogens is 599 g/mol. The van der Waals surface area contributed by atoms with Crippen LogP contribution in [-0.4, -0.2) is 56.6 Å². The number of benzene rings is 3. The molecule has 0 radical (unpaired) electrons. The summed E-state index contributed by atoms with van der Waals surface area (Å²) >= 11 is 5.99. The number of ether oxygens (including phenoxy) is 1. The minimum absolute atomic E-state index is 0. The molecule has 0 spiro atoms. The molecule has 11 heteroatoms. The highest BCUT2D eigenvalue weighted by molar-refractivity contribution is 7.90. The topological polar surface area (TPSA) is 125 Å². The van der Waals surface area contributed by atoms with E-state index in [4.69, 9.17) is 21.4 Å². The van der Waals surface area contributed by atoms with Crippen molar-refractivity contribution in [3.8, 4) is 16.9 Å². The Balaban J connectivity index is 0.00000484. The standard InChI is InChI=1S/C31H37ClN2O6S.ClH/c32-26-8-3-7-25(19-26)30(36)21-33-15-17-40-27-12-9-22(10-13-27)24-11-14-28(29(20-24)23-5-1-2-6-23)31(37)34-41(38,39)18-4-16-35;/h3,7-14,19-20,23,30,33,35-36H,1-2,4-6,15-18,21H2,(H,34,37);1H/t30-;/m1./s1. The molecule has 228 valence electrons. The third-order valence-corrected chi connectivity index (χ3v) is 8.77. The second kappa shape index (κ2) is 16.3. The molecule has 1 amide bonds. The van der Waals surface area contributed by atoms with Crippen molar-refractivity contribution >= 4 is 39.9 Å². The Morgan fingerprint density at radius 1 is 1.02 bits per heavy atom. The molecule has 8 nitrogen and oxygen atoms in total. The molecule has 1 fully saturated rings. The van der Waals surface area contributed by atoms with Gasteiger partial charge in [0.1, 0.15) is 12.4 Å². The molecule has 0 aromatic heterocycles. The molecule has 0 bridgehead atoms. The summed E-state index contributed by atoms with van der Waals surface area (Å²) in [5.41, 5.74) is 3.90. The average molecular weight is 638 g/mol. The molecule has 0 heterocycles. The minimum atomic E-state index is -3.82. The Kier molecular flexibility index (Phi) is 13.1. The predicted octanol–water partition coefficient (Wildman–Crippen LogP) is 5.23. The number of hydrogen-bond acceptors (Lipinski definition) is 7. The second-order valence-electron chi connectivity index (χ2n) is 10.3. The maximum absolute atomic E-state index is 13.0. The summed E-state index contributed by atoms with van der Waals surface area (Å²) < 4.78 is 32.5. The smallest absolute Gasteiger partial charge is 0.265 e. The minimum Gasteiger partial charge on any atom is -0.492 e. The van der Waals surface area contributed by atoms with Crippen molar-refractivity contribution in [1.82, 2.24) is 10.0 Å². The van der Waals surface area contributed by atoms with Crippen molar-refractivity contribution in [2.75, 3.05) is 32.1 Å². The lowest BCUT2D eigenvalue weighted by molar-refractivity contribution is 0.0980. The van der Waals surface area contributed by atoms with E-state index in [9.17, 15) is 18.3 Å². The van der Waals surface area contributed by atoms with Gasteiger partial charge < -0.3 is 20.3 Å². The highest BCUT2D eigenvalue weighted by Crippen LogP contribution is 2.38. The van der Waals surface area contributed by atoms with Gasteiger partial charge in [0.25, 0.3) is 5.91 Å². The molecule has 1 aliphatic carbocycles. The second-order valence-corrected chi connectivity index (χ2v) is 12.5. The predicted molar refractivity (Wildman–Crippen MR) is 168 cm³/mol. The lowest BCUT2D eigenvalue weighted by Crippen LogP contribution is -2.33. The Bertz CT molecular complexity index is 1410. The molecule has 3 aromatic carbocycles. The van der Waals surface area contributed by atoms with E-state index < -0.39 is 22.0 Å². The van der Waals surface area contributed by atoms with Crippen LogP contribution in [0.4, 0.5) is 0 Å². The van der Waals surface area contributed by atoms with Gasteiger partial charge in [-0.1, -0.05) is 60.8 Å². The fraction of sp³-hybridized carbons (Fsp3) is 0.387. The SMILES string of the molecule is Cl.O=C(NS(=O)(=O)CCCO)c1ccc(-c2ccc(OCCNC[C@@H](O)c3cccc(Cl)c3)cc2)cc1C1CCCC1. The number of nitrogens with one attached hydrogen (secondary N) is 2. The largest absolute Gasteiger partial charge is 0.492 e. The maximum atomic E-state index is 13.0. The van der Waals surface area contributed by atoms with Gasteiger partial charge in [0.2, 0.25) is 10.0 Å². The van der Waals surface area contributed by atoms with E-state index in [-0.39, 0.29) is 37.1 Å². The molecule has 1 atom stereocenters. The number of sulfonamides is 1. The van der Waals surface area contributed by atoms with E-state index in [1.54, 1.807) is 18.2 Å². The molecular formula is C31H38Cl2N2O6S. The summed E-state index contributed by atoms with van der Waals surface area (Å²) in [4.78, 5) is 13.0. The van der Waals surface area contributed by atoms with Gasteiger partial charge in [0.05, 0.1) is 11.9 Å². The summed E-state index contributed by atoms with van der Waals surface area (Å²) in [6.45, 7) is 1.11. The summed E-state index contributed by atoms with van der Waals surface area (Å²) in [6.07, 6.45) is 3.47. The summed E-state index contributed by atoms with van der Waals surface area (Å²) in [5, 5.41) is 23.0. The Hall–Kier alpha value is -2.66. The first-order valence-electron chi connectivity index (χ1n) is 13.9. The number of carbonyl (C=O) groups is 1. The lowest BCUT2D eigenvalue weighted by Gasteiger charge is -2.17. The molecule has 1 saturated carbocycles. The van der Waals surface area contributed by atoms with Crippen molar-refractivity contribution in [2.24, 2.45) is 0 Å². The van der Waals surface area contributed by atoms with Crippen LogP contribution in [-0.2, 0) is 10.0 Å². The molecule has 0 unspecified atom stereocenters. The number of carbonyl (C=O) groups excluding carboxylic acids is 1. The molecule has 42 heavy (non-hydrogen) atoms. The molecule has 0 saturated heterocycles. The number of halogens is 2. The average Bonchev–Trinajstić information content (AvgIpc) is 3.51.